The minimum Gasteiger partial charge on any atom is -0.497 e. The Morgan fingerprint density at radius 1 is 1.43 bits per heavy atom. The molecule has 0 radical (unpaired) electrons. The van der Waals surface area contributed by atoms with Crippen molar-refractivity contribution in [3.05, 3.63) is 24.3 Å². The van der Waals surface area contributed by atoms with Crippen LogP contribution in [0.2, 0.25) is 0 Å². The first-order valence-corrected chi connectivity index (χ1v) is 7.08. The molecule has 1 aromatic rings. The third-order valence-corrected chi connectivity index (χ3v) is 3.56. The van der Waals surface area contributed by atoms with Gasteiger partial charge in [-0.3, -0.25) is 9.59 Å². The van der Waals surface area contributed by atoms with Crippen LogP contribution in [0.3, 0.4) is 0 Å². The summed E-state index contributed by atoms with van der Waals surface area (Å²) in [6.45, 7) is 1.52. The average Bonchev–Trinajstić information content (AvgIpc) is 2.89. The van der Waals surface area contributed by atoms with E-state index in [0.29, 0.717) is 19.6 Å². The van der Waals surface area contributed by atoms with Crippen LogP contribution in [0.15, 0.2) is 24.3 Å². The van der Waals surface area contributed by atoms with Crippen molar-refractivity contribution in [2.24, 2.45) is 11.7 Å². The van der Waals surface area contributed by atoms with Crippen LogP contribution < -0.4 is 20.7 Å². The van der Waals surface area contributed by atoms with Gasteiger partial charge in [-0.15, -0.1) is 0 Å². The predicted octanol–water partition coefficient (Wildman–Crippen LogP) is 0.513. The molecule has 0 saturated carbocycles. The first kappa shape index (κ1) is 15.3. The van der Waals surface area contributed by atoms with E-state index >= 15 is 0 Å². The number of benzene rings is 1. The van der Waals surface area contributed by atoms with Gasteiger partial charge in [-0.05, 0) is 37.2 Å². The Hall–Kier alpha value is -2.08. The smallest absolute Gasteiger partial charge is 0.227 e. The summed E-state index contributed by atoms with van der Waals surface area (Å²) in [4.78, 5) is 25.7. The molecule has 6 heteroatoms. The number of carbonyl (C=O) groups excluding carboxylic acids is 2. The monoisotopic (exact) mass is 291 g/mol. The summed E-state index contributed by atoms with van der Waals surface area (Å²) in [6, 6.07) is 7.26. The fourth-order valence-corrected chi connectivity index (χ4v) is 2.35. The summed E-state index contributed by atoms with van der Waals surface area (Å²) < 4.78 is 5.10. The normalized spacial score (nSPS) is 17.9. The fraction of sp³-hybridized carbons (Fsp3) is 0.467. The molecule has 6 nitrogen and oxygen atoms in total. The molecule has 21 heavy (non-hydrogen) atoms. The third kappa shape index (κ3) is 3.72. The maximum Gasteiger partial charge on any atom is 0.227 e. The molecule has 2 amide bonds. The lowest BCUT2D eigenvalue weighted by molar-refractivity contribution is -0.126. The lowest BCUT2D eigenvalue weighted by Gasteiger charge is -2.17. The Morgan fingerprint density at radius 2 is 2.14 bits per heavy atom. The van der Waals surface area contributed by atoms with Crippen LogP contribution in [0.4, 0.5) is 5.69 Å². The molecule has 1 aromatic carbocycles. The number of hydrogen-bond acceptors (Lipinski definition) is 4. The molecule has 1 heterocycles. The van der Waals surface area contributed by atoms with Gasteiger partial charge in [0.05, 0.1) is 13.0 Å². The Morgan fingerprint density at radius 3 is 2.76 bits per heavy atom. The minimum atomic E-state index is -0.294. The number of nitrogens with two attached hydrogens (primary N) is 1. The van der Waals surface area contributed by atoms with Crippen molar-refractivity contribution in [1.29, 1.82) is 0 Å². The second-order valence-corrected chi connectivity index (χ2v) is 5.04. The maximum absolute atomic E-state index is 12.1. The van der Waals surface area contributed by atoms with Crippen LogP contribution >= 0.6 is 0 Å². The summed E-state index contributed by atoms with van der Waals surface area (Å²) in [7, 11) is 1.59. The molecule has 2 rings (SSSR count). The molecule has 114 valence electrons. The maximum atomic E-state index is 12.1. The van der Waals surface area contributed by atoms with Gasteiger partial charge in [0.2, 0.25) is 11.8 Å². The second kappa shape index (κ2) is 7.08. The Kier molecular flexibility index (Phi) is 5.16. The van der Waals surface area contributed by atoms with Gasteiger partial charge in [-0.2, -0.15) is 0 Å². The summed E-state index contributed by atoms with van der Waals surface area (Å²) in [5.74, 6) is 0.339. The van der Waals surface area contributed by atoms with Gasteiger partial charge in [0, 0.05) is 25.2 Å². The number of methoxy groups -OCH3 is 1. The highest BCUT2D eigenvalue weighted by molar-refractivity contribution is 6.00. The average molecular weight is 291 g/mol. The molecule has 1 aliphatic heterocycles. The topological polar surface area (TPSA) is 84.7 Å². The van der Waals surface area contributed by atoms with Crippen molar-refractivity contribution < 1.29 is 14.3 Å². The minimum absolute atomic E-state index is 0.0286. The Balaban J connectivity index is 1.96. The van der Waals surface area contributed by atoms with Gasteiger partial charge in [0.1, 0.15) is 5.75 Å². The summed E-state index contributed by atoms with van der Waals surface area (Å²) in [6.07, 6.45) is 0.995. The van der Waals surface area contributed by atoms with E-state index in [1.807, 2.05) is 12.1 Å². The van der Waals surface area contributed by atoms with Crippen LogP contribution in [-0.4, -0.2) is 38.6 Å². The second-order valence-electron chi connectivity index (χ2n) is 5.04. The van der Waals surface area contributed by atoms with Gasteiger partial charge in [-0.25, -0.2) is 0 Å². The number of nitrogens with one attached hydrogen (secondary N) is 1. The van der Waals surface area contributed by atoms with E-state index in [4.69, 9.17) is 10.5 Å². The van der Waals surface area contributed by atoms with Gasteiger partial charge in [0.15, 0.2) is 0 Å². The lowest BCUT2D eigenvalue weighted by Crippen LogP contribution is -2.34. The zero-order valence-corrected chi connectivity index (χ0v) is 12.2. The molecule has 3 N–H and O–H groups in total. The zero-order valence-electron chi connectivity index (χ0n) is 12.2. The van der Waals surface area contributed by atoms with Crippen molar-refractivity contribution in [2.45, 2.75) is 12.8 Å². The first-order chi connectivity index (χ1) is 10.2. The molecular formula is C15H21N3O3. The van der Waals surface area contributed by atoms with Crippen LogP contribution in [0.5, 0.6) is 5.75 Å². The Bertz CT molecular complexity index is 501. The molecule has 1 unspecified atom stereocenters. The number of amides is 2. The molecule has 1 aliphatic rings. The van der Waals surface area contributed by atoms with Gasteiger partial charge < -0.3 is 20.7 Å². The standard InChI is InChI=1S/C15H21N3O3/c1-21-13-5-3-12(4-6-13)18-10-11(9-14(18)19)15(20)17-8-2-7-16/h3-6,11H,2,7-10,16H2,1H3,(H,17,20). The number of hydrogen-bond donors (Lipinski definition) is 2. The zero-order chi connectivity index (χ0) is 15.2. The summed E-state index contributed by atoms with van der Waals surface area (Å²) >= 11 is 0. The van der Waals surface area contributed by atoms with Gasteiger partial charge in [0.25, 0.3) is 0 Å². The molecule has 0 bridgehead atoms. The number of carbonyl (C=O) groups is 2. The van der Waals surface area contributed by atoms with E-state index < -0.39 is 0 Å². The highest BCUT2D eigenvalue weighted by Crippen LogP contribution is 2.26. The van der Waals surface area contributed by atoms with Crippen LogP contribution in [0, 0.1) is 5.92 Å². The van der Waals surface area contributed by atoms with E-state index in [2.05, 4.69) is 5.32 Å². The SMILES string of the molecule is COc1ccc(N2CC(C(=O)NCCCN)CC2=O)cc1. The molecule has 0 aliphatic carbocycles. The number of anilines is 1. The quantitative estimate of drug-likeness (QED) is 0.748. The first-order valence-electron chi connectivity index (χ1n) is 7.08. The summed E-state index contributed by atoms with van der Waals surface area (Å²) in [5, 5.41) is 2.82. The van der Waals surface area contributed by atoms with Gasteiger partial charge >= 0.3 is 0 Å². The summed E-state index contributed by atoms with van der Waals surface area (Å²) in [5.41, 5.74) is 6.18. The van der Waals surface area contributed by atoms with Crippen LogP contribution in [0.25, 0.3) is 0 Å². The third-order valence-electron chi connectivity index (χ3n) is 3.56. The fourth-order valence-electron chi connectivity index (χ4n) is 2.35. The van der Waals surface area contributed by atoms with Crippen molar-refractivity contribution >= 4 is 17.5 Å². The molecule has 1 fully saturated rings. The molecular weight excluding hydrogens is 270 g/mol. The van der Waals surface area contributed by atoms with Crippen LogP contribution in [-0.2, 0) is 9.59 Å². The highest BCUT2D eigenvalue weighted by atomic mass is 16.5. The Labute approximate surface area is 124 Å². The van der Waals surface area contributed by atoms with Crippen LogP contribution in [0.1, 0.15) is 12.8 Å². The van der Waals surface area contributed by atoms with Crippen molar-refractivity contribution in [1.82, 2.24) is 5.32 Å². The number of nitrogens with zero attached hydrogens (tertiary/aromatic N) is 1. The molecule has 1 atom stereocenters. The number of ether oxygens (including phenoxy) is 1. The van der Waals surface area contributed by atoms with E-state index in [-0.39, 0.29) is 24.2 Å². The molecule has 0 spiro atoms. The molecule has 1 saturated heterocycles. The van der Waals surface area contributed by atoms with E-state index in [1.165, 1.54) is 0 Å². The highest BCUT2D eigenvalue weighted by Gasteiger charge is 2.34. The van der Waals surface area contributed by atoms with E-state index in [0.717, 1.165) is 17.9 Å². The van der Waals surface area contributed by atoms with Crippen molar-refractivity contribution in [2.75, 3.05) is 31.6 Å². The van der Waals surface area contributed by atoms with Crippen molar-refractivity contribution in [3.8, 4) is 5.75 Å². The van der Waals surface area contributed by atoms with Gasteiger partial charge in [-0.1, -0.05) is 0 Å². The predicted molar refractivity (Wildman–Crippen MR) is 80.1 cm³/mol. The van der Waals surface area contributed by atoms with E-state index in [1.54, 1.807) is 24.1 Å². The van der Waals surface area contributed by atoms with E-state index in [9.17, 15) is 9.59 Å². The molecule has 0 aromatic heterocycles. The largest absolute Gasteiger partial charge is 0.497 e. The van der Waals surface area contributed by atoms with Crippen molar-refractivity contribution in [3.63, 3.8) is 0 Å². The lowest BCUT2D eigenvalue weighted by atomic mass is 10.1. The number of rotatable bonds is 6.